The third-order valence-corrected chi connectivity index (χ3v) is 2.53. The van der Waals surface area contributed by atoms with E-state index in [1.807, 2.05) is 57.8 Å². The maximum Gasteiger partial charge on any atom is 2.00 e. The van der Waals surface area contributed by atoms with E-state index >= 15 is 0 Å². The summed E-state index contributed by atoms with van der Waals surface area (Å²) >= 11 is 0. The second-order valence-corrected chi connectivity index (χ2v) is 4.07. The number of benzene rings is 1. The molecule has 21 heavy (non-hydrogen) atoms. The van der Waals surface area contributed by atoms with Crippen LogP contribution in [-0.2, 0) is 17.1 Å². The van der Waals surface area contributed by atoms with Crippen LogP contribution in [0.4, 0.5) is 0 Å². The van der Waals surface area contributed by atoms with Crippen molar-refractivity contribution in [3.05, 3.63) is 87.6 Å². The Morgan fingerprint density at radius 2 is 1.33 bits per heavy atom. The molecule has 0 atom stereocenters. The van der Waals surface area contributed by atoms with Gasteiger partial charge in [0.2, 0.25) is 0 Å². The molecule has 2 fully saturated rings. The molecule has 1 aromatic carbocycles. The molecule has 0 aromatic heterocycles. The van der Waals surface area contributed by atoms with E-state index in [4.69, 9.17) is 0 Å². The molecule has 0 heterocycles. The predicted octanol–water partition coefficient (Wildman–Crippen LogP) is 1.63. The van der Waals surface area contributed by atoms with E-state index in [2.05, 4.69) is 4.99 Å². The molecule has 2 saturated carbocycles. The Morgan fingerprint density at radius 1 is 0.762 bits per heavy atom. The van der Waals surface area contributed by atoms with Crippen LogP contribution < -0.4 is 10.2 Å². The Morgan fingerprint density at radius 3 is 1.86 bits per heavy atom. The molecular formula is C17H13FeNO2. The van der Waals surface area contributed by atoms with Crippen molar-refractivity contribution in [3.63, 3.8) is 0 Å². The van der Waals surface area contributed by atoms with Crippen LogP contribution in [0.25, 0.3) is 0 Å². The minimum absolute atomic E-state index is 0. The van der Waals surface area contributed by atoms with E-state index in [-0.39, 0.29) is 17.1 Å². The first kappa shape index (κ1) is 18.1. The first-order valence-corrected chi connectivity index (χ1v) is 6.16. The monoisotopic (exact) mass is 319 g/mol. The number of aliphatic imine (C=N–C) groups is 1. The van der Waals surface area contributed by atoms with E-state index in [0.29, 0.717) is 5.56 Å². The molecule has 4 heteroatoms. The summed E-state index contributed by atoms with van der Waals surface area (Å²) in [6, 6.07) is 4.95. The molecule has 1 aromatic rings. The third-order valence-electron chi connectivity index (χ3n) is 2.53. The average molecular weight is 319 g/mol. The summed E-state index contributed by atoms with van der Waals surface area (Å²) in [5, 5.41) is 21.9. The molecule has 2 aliphatic carbocycles. The predicted molar refractivity (Wildman–Crippen MR) is 74.9 cm³/mol. The first-order valence-electron chi connectivity index (χ1n) is 6.16. The van der Waals surface area contributed by atoms with Gasteiger partial charge < -0.3 is 10.2 Å². The van der Waals surface area contributed by atoms with Gasteiger partial charge in [-0.3, -0.25) is 4.99 Å². The Bertz CT molecular complexity index is 431. The Balaban J connectivity index is 0.000000313. The van der Waals surface area contributed by atoms with Crippen LogP contribution in [0.3, 0.4) is 0 Å². The van der Waals surface area contributed by atoms with Gasteiger partial charge in [-0.05, 0) is 63.4 Å². The van der Waals surface area contributed by atoms with E-state index in [0.717, 1.165) is 6.04 Å². The molecule has 0 bridgehead atoms. The molecular weight excluding hydrogens is 306 g/mol. The van der Waals surface area contributed by atoms with E-state index in [1.54, 1.807) is 12.3 Å². The van der Waals surface area contributed by atoms with Gasteiger partial charge in [0.25, 0.3) is 0 Å². The standard InChI is InChI=1S/C12H10NO2.C5H5.Fe/c14-11-6-5-9(7-12(11)15)8-13-10-3-1-2-4-10;1-2-4-5-3-1;/h1-8,14-15H;1-5H;/q;;+2/p-2. The van der Waals surface area contributed by atoms with Crippen molar-refractivity contribution in [3.8, 4) is 11.5 Å². The van der Waals surface area contributed by atoms with Gasteiger partial charge in [0.05, 0.1) is 6.04 Å². The molecule has 3 rings (SSSR count). The fraction of sp³-hybridized carbons (Fsp3) is 0. The van der Waals surface area contributed by atoms with Gasteiger partial charge in [-0.1, -0.05) is 18.2 Å². The zero-order valence-electron chi connectivity index (χ0n) is 11.1. The summed E-state index contributed by atoms with van der Waals surface area (Å²) in [7, 11) is 0. The Hall–Kier alpha value is -0.991. The zero-order chi connectivity index (χ0) is 14.2. The van der Waals surface area contributed by atoms with E-state index in [9.17, 15) is 10.2 Å². The Kier molecular flexibility index (Phi) is 8.48. The van der Waals surface area contributed by atoms with Crippen molar-refractivity contribution in [2.24, 2.45) is 4.99 Å². The minimum Gasteiger partial charge on any atom is -0.873 e. The van der Waals surface area contributed by atoms with Crippen LogP contribution in [-0.4, -0.2) is 6.21 Å². The number of rotatable bonds is 2. The van der Waals surface area contributed by atoms with Crippen LogP contribution >= 0.6 is 0 Å². The van der Waals surface area contributed by atoms with Gasteiger partial charge in [0, 0.05) is 6.21 Å². The number of hydrogen-bond donors (Lipinski definition) is 0. The summed E-state index contributed by atoms with van der Waals surface area (Å²) in [5.74, 6) is -0.984. The first-order chi connectivity index (χ1) is 9.75. The van der Waals surface area contributed by atoms with Gasteiger partial charge in [-0.15, -0.1) is 11.5 Å². The zero-order valence-corrected chi connectivity index (χ0v) is 12.2. The van der Waals surface area contributed by atoms with Crippen molar-refractivity contribution in [1.29, 1.82) is 0 Å². The summed E-state index contributed by atoms with van der Waals surface area (Å²) in [5.41, 5.74) is 0.640. The van der Waals surface area contributed by atoms with Gasteiger partial charge in [-0.2, -0.15) is 0 Å². The summed E-state index contributed by atoms with van der Waals surface area (Å²) in [6.45, 7) is 0. The normalized spacial score (nSPS) is 18.3. The van der Waals surface area contributed by atoms with Crippen LogP contribution in [0.5, 0.6) is 11.5 Å². The smallest absolute Gasteiger partial charge is 0.873 e. The van der Waals surface area contributed by atoms with Crippen LogP contribution in [0.1, 0.15) is 5.56 Å². The molecule has 0 unspecified atom stereocenters. The average Bonchev–Trinajstić information content (AvgIpc) is 3.16. The maximum atomic E-state index is 11.0. The van der Waals surface area contributed by atoms with Crippen molar-refractivity contribution < 1.29 is 27.3 Å². The largest absolute Gasteiger partial charge is 2.00 e. The fourth-order valence-electron chi connectivity index (χ4n) is 1.52. The summed E-state index contributed by atoms with van der Waals surface area (Å²) in [4.78, 5) is 4.14. The van der Waals surface area contributed by atoms with Crippen LogP contribution in [0, 0.1) is 63.8 Å². The van der Waals surface area contributed by atoms with Gasteiger partial charge >= 0.3 is 17.1 Å². The third kappa shape index (κ3) is 6.54. The quantitative estimate of drug-likeness (QED) is 0.614. The molecule has 10 radical (unpaired) electrons. The molecule has 0 spiro atoms. The molecule has 0 amide bonds. The van der Waals surface area contributed by atoms with Crippen molar-refractivity contribution in [2.75, 3.05) is 0 Å². The van der Waals surface area contributed by atoms with Crippen molar-refractivity contribution in [2.45, 2.75) is 0 Å². The molecule has 0 saturated heterocycles. The molecule has 2 aliphatic rings. The molecule has 0 aliphatic heterocycles. The van der Waals surface area contributed by atoms with E-state index < -0.39 is 11.5 Å². The topological polar surface area (TPSA) is 58.5 Å². The number of nitrogens with zero attached hydrogens (tertiary/aromatic N) is 1. The number of hydrogen-bond acceptors (Lipinski definition) is 3. The Labute approximate surface area is 138 Å². The van der Waals surface area contributed by atoms with Crippen LogP contribution in [0.15, 0.2) is 23.2 Å². The van der Waals surface area contributed by atoms with Gasteiger partial charge in [-0.25, -0.2) is 0 Å². The second-order valence-electron chi connectivity index (χ2n) is 4.07. The van der Waals surface area contributed by atoms with Gasteiger partial charge in [0.1, 0.15) is 0 Å². The molecule has 3 nitrogen and oxygen atoms in total. The maximum absolute atomic E-state index is 11.0. The van der Waals surface area contributed by atoms with Crippen molar-refractivity contribution in [1.82, 2.24) is 0 Å². The summed E-state index contributed by atoms with van der Waals surface area (Å²) in [6.07, 6.45) is 19.0. The SMILES string of the molecule is [CH]1[CH][CH][CH][CH]1.[Fe+2].[O-]c1ccc(C=N[C]2[CH][CH][CH][CH]2)cc1[O-]. The van der Waals surface area contributed by atoms with Crippen molar-refractivity contribution >= 4 is 6.21 Å². The molecule has 106 valence electrons. The second kappa shape index (κ2) is 9.86. The van der Waals surface area contributed by atoms with Crippen LogP contribution in [0.2, 0.25) is 0 Å². The summed E-state index contributed by atoms with van der Waals surface area (Å²) < 4.78 is 0. The van der Waals surface area contributed by atoms with E-state index in [1.165, 1.54) is 12.1 Å². The molecule has 0 N–H and O–H groups in total. The van der Waals surface area contributed by atoms with Gasteiger partial charge in [0.15, 0.2) is 0 Å². The minimum atomic E-state index is -0.499. The fourth-order valence-corrected chi connectivity index (χ4v) is 1.52.